The molecule has 0 saturated heterocycles. The first kappa shape index (κ1) is 19.3. The molecular formula is C27H23N3OS. The van der Waals surface area contributed by atoms with E-state index in [1.54, 1.807) is 11.3 Å². The topological polar surface area (TPSA) is 38.1 Å². The second-order valence-electron chi connectivity index (χ2n) is 8.44. The number of para-hydroxylation sites is 2. The fourth-order valence-electron chi connectivity index (χ4n) is 5.04. The number of hydrogen-bond donors (Lipinski definition) is 0. The molecular weight excluding hydrogens is 414 g/mol. The SMILES string of the molecule is Cn1cc(C(=O)N2CCc3ccsc3C2Cc2cccc3cccnc23)c2ccccc21. The maximum absolute atomic E-state index is 13.9. The standard InChI is InChI=1S/C27H23N3OS/c1-29-17-22(21-9-2-3-10-23(21)29)27(31)30-14-11-19-12-15-32-26(19)24(30)16-20-7-4-6-18-8-5-13-28-25(18)20/h2-10,12-13,15,17,24H,11,14,16H2,1H3. The van der Waals surface area contributed by atoms with Crippen LogP contribution in [0.25, 0.3) is 21.8 Å². The fraction of sp³-hybridized carbons (Fsp3) is 0.185. The van der Waals surface area contributed by atoms with Crippen molar-refractivity contribution >= 4 is 39.0 Å². The average Bonchev–Trinajstić information content (AvgIpc) is 3.44. The number of amides is 1. The second kappa shape index (κ2) is 7.61. The zero-order chi connectivity index (χ0) is 21.7. The molecule has 4 nitrogen and oxygen atoms in total. The van der Waals surface area contributed by atoms with Crippen LogP contribution in [0.15, 0.2) is 78.4 Å². The highest BCUT2D eigenvalue weighted by Crippen LogP contribution is 2.38. The van der Waals surface area contributed by atoms with Gasteiger partial charge in [-0.05, 0) is 41.1 Å². The number of rotatable bonds is 3. The summed E-state index contributed by atoms with van der Waals surface area (Å²) in [4.78, 5) is 22.0. The Morgan fingerprint density at radius 2 is 1.97 bits per heavy atom. The summed E-state index contributed by atoms with van der Waals surface area (Å²) in [6.45, 7) is 0.731. The van der Waals surface area contributed by atoms with Crippen molar-refractivity contribution < 1.29 is 4.79 Å². The predicted molar refractivity (Wildman–Crippen MR) is 130 cm³/mol. The van der Waals surface area contributed by atoms with Gasteiger partial charge in [0.2, 0.25) is 0 Å². The van der Waals surface area contributed by atoms with E-state index in [4.69, 9.17) is 0 Å². The third-order valence-corrected chi connectivity index (χ3v) is 7.66. The number of aromatic nitrogens is 2. The molecule has 0 N–H and O–H groups in total. The summed E-state index contributed by atoms with van der Waals surface area (Å²) in [6.07, 6.45) is 5.49. The number of benzene rings is 2. The number of carbonyl (C=O) groups excluding carboxylic acids is 1. The Bertz CT molecular complexity index is 1460. The van der Waals surface area contributed by atoms with E-state index in [1.165, 1.54) is 16.0 Å². The summed E-state index contributed by atoms with van der Waals surface area (Å²) in [5.41, 5.74) is 5.44. The molecule has 158 valence electrons. The smallest absolute Gasteiger partial charge is 0.256 e. The Hall–Kier alpha value is -3.44. The molecule has 0 spiro atoms. The molecule has 0 aliphatic carbocycles. The lowest BCUT2D eigenvalue weighted by Crippen LogP contribution is -2.40. The summed E-state index contributed by atoms with van der Waals surface area (Å²) < 4.78 is 2.05. The molecule has 1 amide bonds. The quantitative estimate of drug-likeness (QED) is 0.359. The molecule has 5 aromatic rings. The van der Waals surface area contributed by atoms with E-state index in [0.717, 1.165) is 46.8 Å². The summed E-state index contributed by atoms with van der Waals surface area (Å²) in [5, 5.41) is 4.31. The van der Waals surface area contributed by atoms with Gasteiger partial charge in [-0.25, -0.2) is 0 Å². The van der Waals surface area contributed by atoms with Crippen LogP contribution in [0.2, 0.25) is 0 Å². The number of hydrogen-bond acceptors (Lipinski definition) is 3. The monoisotopic (exact) mass is 437 g/mol. The van der Waals surface area contributed by atoms with Gasteiger partial charge in [0.05, 0.1) is 17.1 Å². The number of carbonyl (C=O) groups is 1. The van der Waals surface area contributed by atoms with E-state index >= 15 is 0 Å². The largest absolute Gasteiger partial charge is 0.350 e. The molecule has 6 rings (SSSR count). The highest BCUT2D eigenvalue weighted by atomic mass is 32.1. The van der Waals surface area contributed by atoms with Crippen LogP contribution in [0, 0.1) is 0 Å². The zero-order valence-corrected chi connectivity index (χ0v) is 18.7. The summed E-state index contributed by atoms with van der Waals surface area (Å²) in [6, 6.07) is 20.8. The molecule has 1 aliphatic rings. The van der Waals surface area contributed by atoms with Gasteiger partial charge in [0.1, 0.15) is 0 Å². The van der Waals surface area contributed by atoms with Gasteiger partial charge >= 0.3 is 0 Å². The minimum absolute atomic E-state index is 0.0119. The number of aryl methyl sites for hydroxylation is 1. The van der Waals surface area contributed by atoms with Gasteiger partial charge < -0.3 is 9.47 Å². The maximum atomic E-state index is 13.9. The van der Waals surface area contributed by atoms with Crippen LogP contribution in [0.4, 0.5) is 0 Å². The van der Waals surface area contributed by atoms with Gasteiger partial charge in [-0.3, -0.25) is 9.78 Å². The van der Waals surface area contributed by atoms with Crippen molar-refractivity contribution in [3.05, 3.63) is 100 Å². The van der Waals surface area contributed by atoms with Crippen molar-refractivity contribution in [1.29, 1.82) is 0 Å². The lowest BCUT2D eigenvalue weighted by atomic mass is 9.93. The molecule has 0 saturated carbocycles. The van der Waals surface area contributed by atoms with Crippen LogP contribution in [0.5, 0.6) is 0 Å². The van der Waals surface area contributed by atoms with Crippen molar-refractivity contribution in [3.8, 4) is 0 Å². The third kappa shape index (κ3) is 3.04. The van der Waals surface area contributed by atoms with Crippen LogP contribution in [0.1, 0.15) is 32.4 Å². The van der Waals surface area contributed by atoms with E-state index in [-0.39, 0.29) is 11.9 Å². The minimum Gasteiger partial charge on any atom is -0.350 e. The minimum atomic E-state index is 0.0119. The molecule has 0 fully saturated rings. The lowest BCUT2D eigenvalue weighted by molar-refractivity contribution is 0.0666. The Kier molecular flexibility index (Phi) is 4.58. The van der Waals surface area contributed by atoms with Crippen LogP contribution in [-0.4, -0.2) is 26.9 Å². The van der Waals surface area contributed by atoms with E-state index in [1.807, 2.05) is 48.3 Å². The molecule has 32 heavy (non-hydrogen) atoms. The Morgan fingerprint density at radius 3 is 2.91 bits per heavy atom. The Labute approximate surface area is 190 Å². The predicted octanol–water partition coefficient (Wildman–Crippen LogP) is 5.77. The molecule has 3 aromatic heterocycles. The molecule has 0 radical (unpaired) electrons. The lowest BCUT2D eigenvalue weighted by Gasteiger charge is -2.36. The molecule has 4 heterocycles. The van der Waals surface area contributed by atoms with E-state index in [9.17, 15) is 4.79 Å². The molecule has 1 aliphatic heterocycles. The zero-order valence-electron chi connectivity index (χ0n) is 17.9. The van der Waals surface area contributed by atoms with Gasteiger partial charge in [0, 0.05) is 53.6 Å². The summed E-state index contributed by atoms with van der Waals surface area (Å²) in [5.74, 6) is 0.110. The first-order chi connectivity index (χ1) is 15.7. The number of fused-ring (bicyclic) bond motifs is 3. The average molecular weight is 438 g/mol. The van der Waals surface area contributed by atoms with Crippen LogP contribution >= 0.6 is 11.3 Å². The van der Waals surface area contributed by atoms with Crippen molar-refractivity contribution in [2.75, 3.05) is 6.54 Å². The highest BCUT2D eigenvalue weighted by molar-refractivity contribution is 7.10. The first-order valence-corrected chi connectivity index (χ1v) is 11.8. The summed E-state index contributed by atoms with van der Waals surface area (Å²) >= 11 is 1.76. The number of nitrogens with zero attached hydrogens (tertiary/aromatic N) is 3. The van der Waals surface area contributed by atoms with Crippen molar-refractivity contribution in [1.82, 2.24) is 14.5 Å². The van der Waals surface area contributed by atoms with Crippen LogP contribution in [0.3, 0.4) is 0 Å². The number of thiophene rings is 1. The van der Waals surface area contributed by atoms with E-state index in [0.29, 0.717) is 0 Å². The third-order valence-electron chi connectivity index (χ3n) is 6.60. The van der Waals surface area contributed by atoms with Gasteiger partial charge in [-0.15, -0.1) is 11.3 Å². The van der Waals surface area contributed by atoms with Gasteiger partial charge in [-0.2, -0.15) is 0 Å². The molecule has 5 heteroatoms. The van der Waals surface area contributed by atoms with Crippen LogP contribution in [-0.2, 0) is 19.9 Å². The molecule has 0 bridgehead atoms. The van der Waals surface area contributed by atoms with Crippen molar-refractivity contribution in [3.63, 3.8) is 0 Å². The van der Waals surface area contributed by atoms with Gasteiger partial charge in [0.25, 0.3) is 5.91 Å². The highest BCUT2D eigenvalue weighted by Gasteiger charge is 2.34. The maximum Gasteiger partial charge on any atom is 0.256 e. The van der Waals surface area contributed by atoms with Gasteiger partial charge in [-0.1, -0.05) is 42.5 Å². The second-order valence-corrected chi connectivity index (χ2v) is 9.39. The molecule has 1 unspecified atom stereocenters. The Morgan fingerprint density at radius 1 is 1.09 bits per heavy atom. The van der Waals surface area contributed by atoms with Crippen molar-refractivity contribution in [2.45, 2.75) is 18.9 Å². The van der Waals surface area contributed by atoms with E-state index < -0.39 is 0 Å². The van der Waals surface area contributed by atoms with E-state index in [2.05, 4.69) is 51.7 Å². The molecule has 1 atom stereocenters. The normalized spacial score (nSPS) is 15.9. The Balaban J connectivity index is 1.44. The number of pyridine rings is 1. The fourth-order valence-corrected chi connectivity index (χ4v) is 6.11. The van der Waals surface area contributed by atoms with Crippen LogP contribution < -0.4 is 0 Å². The summed E-state index contributed by atoms with van der Waals surface area (Å²) in [7, 11) is 2.01. The van der Waals surface area contributed by atoms with Crippen molar-refractivity contribution in [2.24, 2.45) is 7.05 Å². The van der Waals surface area contributed by atoms with Gasteiger partial charge in [0.15, 0.2) is 0 Å². The molecule has 2 aromatic carbocycles. The first-order valence-electron chi connectivity index (χ1n) is 10.9.